The van der Waals surface area contributed by atoms with Crippen LogP contribution < -0.4 is 10.9 Å². The number of aryl methyl sites for hydroxylation is 2. The molecule has 0 fully saturated rings. The molecule has 0 unspecified atom stereocenters. The average Bonchev–Trinajstić information content (AvgIpc) is 3.26. The predicted molar refractivity (Wildman–Crippen MR) is 121 cm³/mol. The first-order valence-electron chi connectivity index (χ1n) is 11.1. The Labute approximate surface area is 187 Å². The van der Waals surface area contributed by atoms with Gasteiger partial charge in [0.05, 0.1) is 12.1 Å². The van der Waals surface area contributed by atoms with Crippen molar-refractivity contribution in [3.05, 3.63) is 81.3 Å². The highest BCUT2D eigenvalue weighted by Crippen LogP contribution is 2.25. The number of fused-ring (bicyclic) bond motifs is 1. The maximum absolute atomic E-state index is 13.4. The van der Waals surface area contributed by atoms with Crippen molar-refractivity contribution in [1.29, 1.82) is 0 Å². The third-order valence-corrected chi connectivity index (χ3v) is 6.49. The van der Waals surface area contributed by atoms with E-state index in [0.29, 0.717) is 50.9 Å². The lowest BCUT2D eigenvalue weighted by molar-refractivity contribution is -0.129. The molecule has 4 rings (SSSR count). The highest BCUT2D eigenvalue weighted by atomic mass is 16.3. The Morgan fingerprint density at radius 2 is 1.88 bits per heavy atom. The van der Waals surface area contributed by atoms with Gasteiger partial charge < -0.3 is 19.9 Å². The van der Waals surface area contributed by atoms with Crippen molar-refractivity contribution in [2.45, 2.75) is 51.2 Å². The summed E-state index contributed by atoms with van der Waals surface area (Å²) < 4.78 is 1.59. The summed E-state index contributed by atoms with van der Waals surface area (Å²) in [4.78, 5) is 40.5. The molecule has 0 saturated heterocycles. The molecule has 1 aromatic carbocycles. The molecular weight excluding hydrogens is 406 g/mol. The lowest BCUT2D eigenvalue weighted by Gasteiger charge is -2.31. The number of aliphatic hydroxyl groups is 1. The van der Waals surface area contributed by atoms with Gasteiger partial charge in [-0.05, 0) is 42.4 Å². The summed E-state index contributed by atoms with van der Waals surface area (Å²) in [5.41, 5.74) is 1.68. The minimum Gasteiger partial charge on any atom is -0.394 e. The number of amides is 2. The maximum atomic E-state index is 13.4. The summed E-state index contributed by atoms with van der Waals surface area (Å²) in [6.07, 6.45) is 7.83. The summed E-state index contributed by atoms with van der Waals surface area (Å²) >= 11 is 0. The van der Waals surface area contributed by atoms with Crippen LogP contribution in [-0.2, 0) is 30.7 Å². The predicted octanol–water partition coefficient (Wildman–Crippen LogP) is 1.81. The Bertz CT molecular complexity index is 1100. The van der Waals surface area contributed by atoms with E-state index in [1.165, 1.54) is 6.92 Å². The number of nitrogens with zero attached hydrogens (tertiary/aromatic N) is 2. The molecule has 0 spiro atoms. The van der Waals surface area contributed by atoms with Crippen molar-refractivity contribution in [2.75, 3.05) is 13.2 Å². The number of rotatable bonds is 6. The van der Waals surface area contributed by atoms with Crippen molar-refractivity contribution in [2.24, 2.45) is 0 Å². The molecule has 0 atom stereocenters. The van der Waals surface area contributed by atoms with E-state index >= 15 is 0 Å². The summed E-state index contributed by atoms with van der Waals surface area (Å²) in [6.45, 7) is 2.62. The third kappa shape index (κ3) is 4.39. The standard InChI is InChI=1S/C25H29N3O4/c1-18(30)27-14-10-21-20(15-27)16-28(13-9-19-7-3-2-4-8-19)24(32)22(21)23(31)26-25(17-29)11-5-6-12-25/h2-8,16,29H,9-15,17H2,1H3,(H,26,31). The first-order chi connectivity index (χ1) is 15.4. The second-order valence-electron chi connectivity index (χ2n) is 8.70. The summed E-state index contributed by atoms with van der Waals surface area (Å²) in [7, 11) is 0. The molecule has 7 heteroatoms. The lowest BCUT2D eigenvalue weighted by Crippen LogP contribution is -2.51. The first kappa shape index (κ1) is 22.0. The second-order valence-corrected chi connectivity index (χ2v) is 8.70. The smallest absolute Gasteiger partial charge is 0.263 e. The summed E-state index contributed by atoms with van der Waals surface area (Å²) in [5.74, 6) is -0.478. The average molecular weight is 436 g/mol. The van der Waals surface area contributed by atoms with Crippen molar-refractivity contribution in [3.63, 3.8) is 0 Å². The van der Waals surface area contributed by atoms with Gasteiger partial charge in [-0.3, -0.25) is 14.4 Å². The molecule has 2 aliphatic rings. The fraction of sp³-hybridized carbons (Fsp3) is 0.400. The summed E-state index contributed by atoms with van der Waals surface area (Å²) in [5, 5.41) is 12.8. The van der Waals surface area contributed by atoms with E-state index in [-0.39, 0.29) is 23.6 Å². The van der Waals surface area contributed by atoms with E-state index in [0.717, 1.165) is 11.1 Å². The largest absolute Gasteiger partial charge is 0.394 e. The van der Waals surface area contributed by atoms with E-state index < -0.39 is 11.4 Å². The zero-order valence-electron chi connectivity index (χ0n) is 18.3. The minimum atomic E-state index is -0.763. The Morgan fingerprint density at radius 1 is 1.16 bits per heavy atom. The van der Waals surface area contributed by atoms with Crippen LogP contribution in [0.4, 0.5) is 0 Å². The number of pyridine rings is 1. The van der Waals surface area contributed by atoms with Gasteiger partial charge in [-0.2, -0.15) is 0 Å². The molecule has 2 aromatic rings. The number of hydrogen-bond donors (Lipinski definition) is 2. The SMILES string of the molecule is CC(=O)N1CCc2c(cn(CCc3ccccc3)c(=O)c2C(=O)NC2(CO)CC=CC2)C1. The zero-order chi connectivity index (χ0) is 22.7. The fourth-order valence-electron chi connectivity index (χ4n) is 4.55. The van der Waals surface area contributed by atoms with Crippen LogP contribution in [-0.4, -0.2) is 45.1 Å². The molecule has 32 heavy (non-hydrogen) atoms. The molecular formula is C25H29N3O4. The molecule has 1 aliphatic heterocycles. The molecule has 1 aromatic heterocycles. The number of hydrogen-bond acceptors (Lipinski definition) is 4. The van der Waals surface area contributed by atoms with Gasteiger partial charge >= 0.3 is 0 Å². The number of benzene rings is 1. The fourth-order valence-corrected chi connectivity index (χ4v) is 4.55. The van der Waals surface area contributed by atoms with E-state index in [4.69, 9.17) is 0 Å². The monoisotopic (exact) mass is 435 g/mol. The van der Waals surface area contributed by atoms with E-state index in [1.807, 2.05) is 42.5 Å². The Hall–Kier alpha value is -3.19. The van der Waals surface area contributed by atoms with Gasteiger partial charge in [-0.1, -0.05) is 42.5 Å². The van der Waals surface area contributed by atoms with Crippen molar-refractivity contribution in [3.8, 4) is 0 Å². The number of aromatic nitrogens is 1. The van der Waals surface area contributed by atoms with Crippen molar-refractivity contribution in [1.82, 2.24) is 14.8 Å². The first-order valence-corrected chi connectivity index (χ1v) is 11.1. The maximum Gasteiger partial charge on any atom is 0.263 e. The highest BCUT2D eigenvalue weighted by Gasteiger charge is 2.35. The van der Waals surface area contributed by atoms with Gasteiger partial charge in [-0.25, -0.2) is 0 Å². The van der Waals surface area contributed by atoms with Gasteiger partial charge in [0.1, 0.15) is 5.56 Å². The van der Waals surface area contributed by atoms with Crippen LogP contribution in [0.25, 0.3) is 0 Å². The van der Waals surface area contributed by atoms with Crippen LogP contribution >= 0.6 is 0 Å². The molecule has 7 nitrogen and oxygen atoms in total. The minimum absolute atomic E-state index is 0.0278. The van der Waals surface area contributed by atoms with Gasteiger partial charge in [0.2, 0.25) is 5.91 Å². The molecule has 0 bridgehead atoms. The van der Waals surface area contributed by atoms with Gasteiger partial charge in [0, 0.05) is 32.8 Å². The topological polar surface area (TPSA) is 91.6 Å². The van der Waals surface area contributed by atoms with E-state index in [2.05, 4.69) is 5.32 Å². The van der Waals surface area contributed by atoms with Crippen LogP contribution in [0, 0.1) is 0 Å². The molecule has 0 saturated carbocycles. The molecule has 168 valence electrons. The van der Waals surface area contributed by atoms with Crippen molar-refractivity contribution >= 4 is 11.8 Å². The Kier molecular flexibility index (Phi) is 6.28. The highest BCUT2D eigenvalue weighted by molar-refractivity contribution is 5.96. The molecule has 1 aliphatic carbocycles. The van der Waals surface area contributed by atoms with Gasteiger partial charge in [0.15, 0.2) is 0 Å². The van der Waals surface area contributed by atoms with Gasteiger partial charge in [-0.15, -0.1) is 0 Å². The molecule has 0 radical (unpaired) electrons. The quantitative estimate of drug-likeness (QED) is 0.677. The Morgan fingerprint density at radius 3 is 2.53 bits per heavy atom. The van der Waals surface area contributed by atoms with Crippen LogP contribution in [0.5, 0.6) is 0 Å². The number of carbonyl (C=O) groups is 2. The lowest BCUT2D eigenvalue weighted by atomic mass is 9.93. The molecule has 2 amide bonds. The number of aliphatic hydroxyl groups excluding tert-OH is 1. The van der Waals surface area contributed by atoms with Crippen LogP contribution in [0.2, 0.25) is 0 Å². The van der Waals surface area contributed by atoms with Crippen LogP contribution in [0.1, 0.15) is 46.8 Å². The zero-order valence-corrected chi connectivity index (χ0v) is 18.3. The van der Waals surface area contributed by atoms with Gasteiger partial charge in [0.25, 0.3) is 11.5 Å². The van der Waals surface area contributed by atoms with E-state index in [9.17, 15) is 19.5 Å². The normalized spacial score (nSPS) is 16.6. The van der Waals surface area contributed by atoms with Crippen LogP contribution in [0.15, 0.2) is 53.5 Å². The number of nitrogens with one attached hydrogen (secondary N) is 1. The Balaban J connectivity index is 1.70. The second kappa shape index (κ2) is 9.12. The third-order valence-electron chi connectivity index (χ3n) is 6.49. The molecule has 2 N–H and O–H groups in total. The number of carbonyl (C=O) groups excluding carboxylic acids is 2. The summed E-state index contributed by atoms with van der Waals surface area (Å²) in [6, 6.07) is 9.87. The van der Waals surface area contributed by atoms with Crippen molar-refractivity contribution < 1.29 is 14.7 Å². The molecule has 2 heterocycles. The van der Waals surface area contributed by atoms with Crippen LogP contribution in [0.3, 0.4) is 0 Å². The van der Waals surface area contributed by atoms with E-state index in [1.54, 1.807) is 15.7 Å².